The lowest BCUT2D eigenvalue weighted by Gasteiger charge is -2.17. The fourth-order valence-electron chi connectivity index (χ4n) is 1.71. The number of amides is 1. The van der Waals surface area contributed by atoms with Crippen molar-refractivity contribution in [2.24, 2.45) is 5.92 Å². The number of rotatable bonds is 4. The molecule has 1 aromatic rings. The highest BCUT2D eigenvalue weighted by molar-refractivity contribution is 5.76. The predicted octanol–water partition coefficient (Wildman–Crippen LogP) is 2.03. The summed E-state index contributed by atoms with van der Waals surface area (Å²) in [4.78, 5) is 13.6. The van der Waals surface area contributed by atoms with Crippen LogP contribution in [0.5, 0.6) is 0 Å². The van der Waals surface area contributed by atoms with E-state index >= 15 is 0 Å². The van der Waals surface area contributed by atoms with Crippen molar-refractivity contribution in [2.75, 3.05) is 12.8 Å². The van der Waals surface area contributed by atoms with Gasteiger partial charge in [-0.05, 0) is 36.5 Å². The summed E-state index contributed by atoms with van der Waals surface area (Å²) >= 11 is 0. The third kappa shape index (κ3) is 2.99. The largest absolute Gasteiger partial charge is 0.399 e. The Bertz CT molecular complexity index is 368. The van der Waals surface area contributed by atoms with Gasteiger partial charge in [-0.15, -0.1) is 0 Å². The molecule has 0 saturated heterocycles. The summed E-state index contributed by atoms with van der Waals surface area (Å²) in [6, 6.07) is 7.68. The van der Waals surface area contributed by atoms with Gasteiger partial charge < -0.3 is 10.6 Å². The Hall–Kier alpha value is -1.51. The lowest BCUT2D eigenvalue weighted by atomic mass is 10.2. The number of benzene rings is 1. The molecule has 3 nitrogen and oxygen atoms in total. The van der Waals surface area contributed by atoms with Crippen molar-refractivity contribution in [3.8, 4) is 0 Å². The molecule has 1 amide bonds. The van der Waals surface area contributed by atoms with Crippen LogP contribution in [-0.4, -0.2) is 17.9 Å². The zero-order valence-corrected chi connectivity index (χ0v) is 9.65. The summed E-state index contributed by atoms with van der Waals surface area (Å²) < 4.78 is 0. The lowest BCUT2D eigenvalue weighted by Crippen LogP contribution is -2.26. The van der Waals surface area contributed by atoms with Crippen LogP contribution in [0.4, 0.5) is 5.69 Å². The molecular weight excluding hydrogens is 200 g/mol. The Morgan fingerprint density at radius 1 is 1.38 bits per heavy atom. The van der Waals surface area contributed by atoms with Crippen LogP contribution < -0.4 is 5.73 Å². The van der Waals surface area contributed by atoms with Gasteiger partial charge in [-0.25, -0.2) is 0 Å². The van der Waals surface area contributed by atoms with E-state index in [0.29, 0.717) is 18.9 Å². The molecule has 1 fully saturated rings. The van der Waals surface area contributed by atoms with E-state index in [1.54, 1.807) is 4.90 Å². The first-order valence-electron chi connectivity index (χ1n) is 5.73. The highest BCUT2D eigenvalue weighted by Gasteiger charge is 2.25. The van der Waals surface area contributed by atoms with Crippen molar-refractivity contribution in [3.05, 3.63) is 29.8 Å². The summed E-state index contributed by atoms with van der Waals surface area (Å²) in [5, 5.41) is 0. The molecule has 0 unspecified atom stereocenters. The van der Waals surface area contributed by atoms with Gasteiger partial charge in [0.2, 0.25) is 5.91 Å². The van der Waals surface area contributed by atoms with Gasteiger partial charge in [-0.2, -0.15) is 0 Å². The van der Waals surface area contributed by atoms with E-state index in [-0.39, 0.29) is 5.91 Å². The number of hydrogen-bond donors (Lipinski definition) is 1. The zero-order valence-electron chi connectivity index (χ0n) is 9.65. The molecule has 1 aliphatic carbocycles. The fourth-order valence-corrected chi connectivity index (χ4v) is 1.71. The van der Waals surface area contributed by atoms with E-state index in [2.05, 4.69) is 0 Å². The van der Waals surface area contributed by atoms with Crippen molar-refractivity contribution in [2.45, 2.75) is 25.8 Å². The van der Waals surface area contributed by atoms with Gasteiger partial charge in [-0.1, -0.05) is 12.1 Å². The Labute approximate surface area is 96.2 Å². The molecule has 0 aromatic heterocycles. The van der Waals surface area contributed by atoms with Gasteiger partial charge in [0.05, 0.1) is 0 Å². The van der Waals surface area contributed by atoms with Gasteiger partial charge in [0, 0.05) is 25.7 Å². The van der Waals surface area contributed by atoms with Gasteiger partial charge >= 0.3 is 0 Å². The minimum Gasteiger partial charge on any atom is -0.399 e. The third-order valence-electron chi connectivity index (χ3n) is 2.99. The topological polar surface area (TPSA) is 46.3 Å². The van der Waals surface area contributed by atoms with Crippen LogP contribution in [0.1, 0.15) is 24.8 Å². The summed E-state index contributed by atoms with van der Waals surface area (Å²) in [6.07, 6.45) is 3.16. The molecule has 1 aromatic carbocycles. The summed E-state index contributed by atoms with van der Waals surface area (Å²) in [5.41, 5.74) is 7.50. The fraction of sp³-hybridized carbons (Fsp3) is 0.462. The predicted molar refractivity (Wildman–Crippen MR) is 64.7 cm³/mol. The maximum atomic E-state index is 11.8. The Morgan fingerprint density at radius 2 is 2.00 bits per heavy atom. The normalized spacial score (nSPS) is 14.8. The summed E-state index contributed by atoms with van der Waals surface area (Å²) in [6.45, 7) is 0.672. The standard InChI is InChI=1S/C13H18N2O/c1-15(13(16)8-10-2-3-10)9-11-4-6-12(14)7-5-11/h4-7,10H,2-3,8-9,14H2,1H3. The molecule has 0 bridgehead atoms. The third-order valence-corrected chi connectivity index (χ3v) is 2.99. The summed E-state index contributed by atoms with van der Waals surface area (Å²) in [5.74, 6) is 0.903. The van der Waals surface area contributed by atoms with E-state index in [1.165, 1.54) is 12.8 Å². The molecule has 86 valence electrons. The molecule has 1 saturated carbocycles. The maximum Gasteiger partial charge on any atom is 0.222 e. The quantitative estimate of drug-likeness (QED) is 0.786. The van der Waals surface area contributed by atoms with Crippen LogP contribution in [0, 0.1) is 5.92 Å². The number of nitrogens with two attached hydrogens (primary N) is 1. The lowest BCUT2D eigenvalue weighted by molar-refractivity contribution is -0.130. The number of hydrogen-bond acceptors (Lipinski definition) is 2. The molecule has 16 heavy (non-hydrogen) atoms. The van der Waals surface area contributed by atoms with E-state index < -0.39 is 0 Å². The molecule has 2 rings (SSSR count). The number of nitrogens with zero attached hydrogens (tertiary/aromatic N) is 1. The van der Waals surface area contributed by atoms with Gasteiger partial charge in [-0.3, -0.25) is 4.79 Å². The molecule has 0 aliphatic heterocycles. The smallest absolute Gasteiger partial charge is 0.222 e. The maximum absolute atomic E-state index is 11.8. The number of nitrogen functional groups attached to an aromatic ring is 1. The van der Waals surface area contributed by atoms with Crippen molar-refractivity contribution in [3.63, 3.8) is 0 Å². The number of carbonyl (C=O) groups excluding carboxylic acids is 1. The van der Waals surface area contributed by atoms with E-state index in [4.69, 9.17) is 5.73 Å². The van der Waals surface area contributed by atoms with Gasteiger partial charge in [0.1, 0.15) is 0 Å². The van der Waals surface area contributed by atoms with Crippen LogP contribution >= 0.6 is 0 Å². The second-order valence-electron chi connectivity index (χ2n) is 4.64. The molecule has 2 N–H and O–H groups in total. The van der Waals surface area contributed by atoms with E-state index in [0.717, 1.165) is 11.3 Å². The summed E-state index contributed by atoms with van der Waals surface area (Å²) in [7, 11) is 1.86. The molecular formula is C13H18N2O. The average molecular weight is 218 g/mol. The van der Waals surface area contributed by atoms with Gasteiger partial charge in [0.15, 0.2) is 0 Å². The Morgan fingerprint density at radius 3 is 2.56 bits per heavy atom. The van der Waals surface area contributed by atoms with Crippen LogP contribution in [0.15, 0.2) is 24.3 Å². The molecule has 0 radical (unpaired) electrons. The first-order chi connectivity index (χ1) is 7.65. The van der Waals surface area contributed by atoms with Crippen molar-refractivity contribution >= 4 is 11.6 Å². The van der Waals surface area contributed by atoms with E-state index in [9.17, 15) is 4.79 Å². The second kappa shape index (κ2) is 4.56. The SMILES string of the molecule is CN(Cc1ccc(N)cc1)C(=O)CC1CC1. The van der Waals surface area contributed by atoms with Crippen molar-refractivity contribution < 1.29 is 4.79 Å². The highest BCUT2D eigenvalue weighted by atomic mass is 16.2. The monoisotopic (exact) mass is 218 g/mol. The molecule has 0 heterocycles. The molecule has 0 spiro atoms. The van der Waals surface area contributed by atoms with Crippen molar-refractivity contribution in [1.82, 2.24) is 4.90 Å². The first kappa shape index (κ1) is 11.0. The van der Waals surface area contributed by atoms with Crippen LogP contribution in [0.3, 0.4) is 0 Å². The number of anilines is 1. The van der Waals surface area contributed by atoms with Gasteiger partial charge in [0.25, 0.3) is 0 Å². The number of carbonyl (C=O) groups is 1. The molecule has 1 aliphatic rings. The minimum atomic E-state index is 0.249. The molecule has 3 heteroatoms. The highest BCUT2D eigenvalue weighted by Crippen LogP contribution is 2.32. The second-order valence-corrected chi connectivity index (χ2v) is 4.64. The Kier molecular flexibility index (Phi) is 3.13. The average Bonchev–Trinajstić information content (AvgIpc) is 3.05. The van der Waals surface area contributed by atoms with Crippen molar-refractivity contribution in [1.29, 1.82) is 0 Å². The zero-order chi connectivity index (χ0) is 11.5. The molecule has 0 atom stereocenters. The van der Waals surface area contributed by atoms with Crippen LogP contribution in [-0.2, 0) is 11.3 Å². The van der Waals surface area contributed by atoms with Crippen LogP contribution in [0.2, 0.25) is 0 Å². The first-order valence-corrected chi connectivity index (χ1v) is 5.73. The van der Waals surface area contributed by atoms with E-state index in [1.807, 2.05) is 31.3 Å². The minimum absolute atomic E-state index is 0.249. The van der Waals surface area contributed by atoms with Crippen LogP contribution in [0.25, 0.3) is 0 Å². The Balaban J connectivity index is 1.87.